The van der Waals surface area contributed by atoms with Gasteiger partial charge in [0.25, 0.3) is 0 Å². The van der Waals surface area contributed by atoms with Crippen molar-refractivity contribution in [1.29, 1.82) is 0 Å². The molecule has 0 heterocycles. The summed E-state index contributed by atoms with van der Waals surface area (Å²) in [5.41, 5.74) is 2.00. The Kier molecular flexibility index (Phi) is 3.47. The minimum absolute atomic E-state index is 0.261. The molecule has 0 aromatic rings. The van der Waals surface area contributed by atoms with Gasteiger partial charge < -0.3 is 0 Å². The van der Waals surface area contributed by atoms with Gasteiger partial charge in [0.15, 0.2) is 0 Å². The maximum absolute atomic E-state index is 11.9. The highest BCUT2D eigenvalue weighted by molar-refractivity contribution is 5.82. The lowest BCUT2D eigenvalue weighted by Gasteiger charge is -2.57. The van der Waals surface area contributed by atoms with Gasteiger partial charge in [-0.1, -0.05) is 25.5 Å². The number of hydrogen-bond donors (Lipinski definition) is 0. The first-order valence-corrected chi connectivity index (χ1v) is 9.41. The van der Waals surface area contributed by atoms with E-state index in [0.717, 1.165) is 43.4 Å². The molecule has 2 nitrogen and oxygen atoms in total. The second-order valence-electron chi connectivity index (χ2n) is 8.99. The zero-order valence-corrected chi connectivity index (χ0v) is 14.4. The fraction of sp³-hybridized carbons (Fsp3) is 0.762. The van der Waals surface area contributed by atoms with Crippen molar-refractivity contribution in [3.63, 3.8) is 0 Å². The van der Waals surface area contributed by atoms with Gasteiger partial charge in [-0.2, -0.15) is 0 Å². The largest absolute Gasteiger partial charge is 0.299 e. The van der Waals surface area contributed by atoms with Gasteiger partial charge in [0.05, 0.1) is 0 Å². The van der Waals surface area contributed by atoms with Crippen LogP contribution in [0, 0.1) is 34.5 Å². The number of carbonyl (C=O) groups is 1. The molecular weight excluding hydrogens is 284 g/mol. The van der Waals surface area contributed by atoms with Crippen molar-refractivity contribution < 1.29 is 9.59 Å². The smallest absolute Gasteiger partial charge is 0.136 e. The van der Waals surface area contributed by atoms with Gasteiger partial charge in [0.2, 0.25) is 0 Å². The van der Waals surface area contributed by atoms with E-state index in [2.05, 4.69) is 25.9 Å². The third kappa shape index (κ3) is 2.07. The van der Waals surface area contributed by atoms with E-state index >= 15 is 0 Å². The predicted molar refractivity (Wildman–Crippen MR) is 90.5 cm³/mol. The molecule has 0 N–H and O–H groups in total. The number of rotatable bonds is 1. The van der Waals surface area contributed by atoms with Crippen LogP contribution in [0.1, 0.15) is 65.2 Å². The van der Waals surface area contributed by atoms with Crippen LogP contribution in [0.15, 0.2) is 17.7 Å². The Balaban J connectivity index is 1.67. The molecule has 2 heteroatoms. The van der Waals surface area contributed by atoms with Crippen LogP contribution in [0.3, 0.4) is 0 Å². The number of allylic oxidation sites excluding steroid dienone is 3. The maximum Gasteiger partial charge on any atom is 0.136 e. The Hall–Kier alpha value is -1.14. The monoisotopic (exact) mass is 312 g/mol. The Labute approximate surface area is 139 Å². The molecule has 3 fully saturated rings. The summed E-state index contributed by atoms with van der Waals surface area (Å²) in [6.45, 7) is 4.86. The average molecular weight is 312 g/mol. The minimum Gasteiger partial charge on any atom is -0.299 e. The topological polar surface area (TPSA) is 34.1 Å². The zero-order chi connectivity index (χ0) is 16.2. The first-order chi connectivity index (χ1) is 11.0. The number of ketones is 1. The SMILES string of the molecule is C[C@]12CC[C@H]3[C@@H](CC=C4CC(=O)CC[C@@]43C)[C@@H]1CC[C@H]2C=C=O. The van der Waals surface area contributed by atoms with E-state index in [-0.39, 0.29) is 5.41 Å². The van der Waals surface area contributed by atoms with E-state index in [1.807, 2.05) is 6.08 Å². The lowest BCUT2D eigenvalue weighted by atomic mass is 9.47. The number of carbonyl (C=O) groups excluding carboxylic acids is 2. The molecule has 4 aliphatic carbocycles. The lowest BCUT2D eigenvalue weighted by molar-refractivity contribution is -0.122. The summed E-state index contributed by atoms with van der Waals surface area (Å²) in [6, 6.07) is 0. The summed E-state index contributed by atoms with van der Waals surface area (Å²) in [5.74, 6) is 5.17. The van der Waals surface area contributed by atoms with Crippen LogP contribution in [0.5, 0.6) is 0 Å². The van der Waals surface area contributed by atoms with Crippen LogP contribution >= 0.6 is 0 Å². The van der Waals surface area contributed by atoms with E-state index in [0.29, 0.717) is 23.5 Å². The molecule has 0 aliphatic heterocycles. The molecule has 0 bridgehead atoms. The zero-order valence-electron chi connectivity index (χ0n) is 14.4. The van der Waals surface area contributed by atoms with E-state index < -0.39 is 0 Å². The Morgan fingerprint density at radius 3 is 2.78 bits per heavy atom. The highest BCUT2D eigenvalue weighted by Crippen LogP contribution is 2.66. The third-order valence-corrected chi connectivity index (χ3v) is 8.28. The molecule has 0 aromatic carbocycles. The summed E-state index contributed by atoms with van der Waals surface area (Å²) in [5, 5.41) is 0. The summed E-state index contributed by atoms with van der Waals surface area (Å²) in [7, 11) is 0. The second-order valence-corrected chi connectivity index (χ2v) is 8.99. The quantitative estimate of drug-likeness (QED) is 0.527. The van der Waals surface area contributed by atoms with Crippen LogP contribution in [0.4, 0.5) is 0 Å². The molecule has 124 valence electrons. The fourth-order valence-electron chi connectivity index (χ4n) is 6.87. The predicted octanol–water partition coefficient (Wildman–Crippen LogP) is 4.52. The maximum atomic E-state index is 11.9. The molecule has 0 amide bonds. The van der Waals surface area contributed by atoms with Gasteiger partial charge in [0, 0.05) is 18.9 Å². The van der Waals surface area contributed by atoms with Crippen molar-refractivity contribution in [1.82, 2.24) is 0 Å². The van der Waals surface area contributed by atoms with E-state index in [1.54, 1.807) is 0 Å². The van der Waals surface area contributed by atoms with Crippen molar-refractivity contribution in [2.75, 3.05) is 0 Å². The van der Waals surface area contributed by atoms with Crippen molar-refractivity contribution in [3.05, 3.63) is 17.7 Å². The highest BCUT2D eigenvalue weighted by atomic mass is 16.1. The van der Waals surface area contributed by atoms with Crippen LogP contribution in [0.2, 0.25) is 0 Å². The van der Waals surface area contributed by atoms with Gasteiger partial charge in [-0.15, -0.1) is 0 Å². The molecular formula is C21H28O2. The van der Waals surface area contributed by atoms with Crippen LogP contribution in [-0.4, -0.2) is 11.7 Å². The minimum atomic E-state index is 0.261. The Morgan fingerprint density at radius 2 is 2.00 bits per heavy atom. The van der Waals surface area contributed by atoms with E-state index in [1.165, 1.54) is 24.8 Å². The number of hydrogen-bond acceptors (Lipinski definition) is 2. The van der Waals surface area contributed by atoms with Crippen LogP contribution in [-0.2, 0) is 9.59 Å². The molecule has 6 atom stereocenters. The van der Waals surface area contributed by atoms with Crippen molar-refractivity contribution in [3.8, 4) is 0 Å². The number of Topliss-reactive ketones (excluding diaryl/α,β-unsaturated/α-hetero) is 1. The van der Waals surface area contributed by atoms with Crippen molar-refractivity contribution in [2.45, 2.75) is 65.2 Å². The molecule has 4 aliphatic rings. The van der Waals surface area contributed by atoms with Gasteiger partial charge >= 0.3 is 0 Å². The van der Waals surface area contributed by atoms with E-state index in [9.17, 15) is 9.59 Å². The van der Waals surface area contributed by atoms with Crippen molar-refractivity contribution in [2.24, 2.45) is 34.5 Å². The van der Waals surface area contributed by atoms with Gasteiger partial charge in [-0.3, -0.25) is 4.79 Å². The first kappa shape index (κ1) is 15.4. The molecule has 4 rings (SSSR count). The molecule has 3 saturated carbocycles. The normalized spacial score (nSPS) is 48.6. The summed E-state index contributed by atoms with van der Waals surface area (Å²) >= 11 is 0. The fourth-order valence-corrected chi connectivity index (χ4v) is 6.87. The average Bonchev–Trinajstić information content (AvgIpc) is 2.85. The molecule has 0 spiro atoms. The lowest BCUT2D eigenvalue weighted by Crippen LogP contribution is -2.49. The molecule has 0 aromatic heterocycles. The Bertz CT molecular complexity index is 611. The third-order valence-electron chi connectivity index (χ3n) is 8.28. The first-order valence-electron chi connectivity index (χ1n) is 9.41. The Morgan fingerprint density at radius 1 is 1.17 bits per heavy atom. The summed E-state index contributed by atoms with van der Waals surface area (Å²) in [4.78, 5) is 22.8. The second kappa shape index (κ2) is 5.18. The standard InChI is InChI=1S/C21H28O2/c1-20-11-8-19-17(18(20)6-4-14(20)9-12-22)5-3-15-13-16(23)7-10-21(15,19)2/h3,9,14,17-19H,4-8,10-11,13H2,1-2H3/t14-,17-,18-,19-,20+,21-/m0/s1. The van der Waals surface area contributed by atoms with E-state index in [4.69, 9.17) is 0 Å². The highest BCUT2D eigenvalue weighted by Gasteiger charge is 2.58. The molecule has 0 saturated heterocycles. The number of fused-ring (bicyclic) bond motifs is 5. The van der Waals surface area contributed by atoms with Gasteiger partial charge in [-0.25, -0.2) is 4.79 Å². The van der Waals surface area contributed by atoms with Crippen LogP contribution < -0.4 is 0 Å². The van der Waals surface area contributed by atoms with Crippen LogP contribution in [0.25, 0.3) is 0 Å². The molecule has 0 unspecified atom stereocenters. The summed E-state index contributed by atoms with van der Waals surface area (Å²) < 4.78 is 0. The molecule has 23 heavy (non-hydrogen) atoms. The van der Waals surface area contributed by atoms with Crippen molar-refractivity contribution >= 4 is 11.7 Å². The summed E-state index contributed by atoms with van der Waals surface area (Å²) in [6.07, 6.45) is 12.8. The van der Waals surface area contributed by atoms with Gasteiger partial charge in [-0.05, 0) is 73.0 Å². The molecule has 0 radical (unpaired) electrons. The van der Waals surface area contributed by atoms with Gasteiger partial charge in [0.1, 0.15) is 11.7 Å².